The second-order valence-corrected chi connectivity index (χ2v) is 16.4. The Balaban J connectivity index is 1.32. The highest BCUT2D eigenvalue weighted by atomic mass is 16.8. The molecular weight excluding hydrogens is 888 g/mol. The van der Waals surface area contributed by atoms with Gasteiger partial charge < -0.3 is 135 Å². The fourth-order valence-corrected chi connectivity index (χ4v) is 8.17. The first-order valence-electron chi connectivity index (χ1n) is 21.3. The SMILES string of the molecule is CC(=O)N[C@H]1[C@H](O[C@H]2[C@@H](O)[C@@H](CO)O[C@@H](O[C@H]3[C@H](O)[C@@H](O)[C@H](OCCCCCN)O[C@@H]3CO)[C@@H]2O)O[C@H](CO)[C@@H](O[C@@H]2O[C@H](CO)[C@H](O)[C@H](O[C@@H]3O[C@H](CO)[C@@H](O)[C@H](O)[C@H]3O)[C@H]2O)[C@@H]1O. The molecule has 380 valence electrons. The van der Waals surface area contributed by atoms with Crippen molar-refractivity contribution in [2.24, 2.45) is 5.73 Å². The highest BCUT2D eigenvalue weighted by molar-refractivity contribution is 5.73. The van der Waals surface area contributed by atoms with Gasteiger partial charge in [0.15, 0.2) is 31.5 Å². The van der Waals surface area contributed by atoms with E-state index in [-0.39, 0.29) is 6.61 Å². The van der Waals surface area contributed by atoms with Crippen molar-refractivity contribution in [1.82, 2.24) is 5.32 Å². The maximum atomic E-state index is 12.5. The normalized spacial score (nSPS) is 47.4. The molecule has 5 fully saturated rings. The van der Waals surface area contributed by atoms with Gasteiger partial charge in [-0.2, -0.15) is 0 Å². The van der Waals surface area contributed by atoms with E-state index in [1.54, 1.807) is 0 Å². The molecule has 5 rings (SSSR count). The molecule has 5 heterocycles. The van der Waals surface area contributed by atoms with Crippen molar-refractivity contribution in [2.45, 2.75) is 180 Å². The van der Waals surface area contributed by atoms with E-state index in [9.17, 15) is 81.4 Å². The zero-order valence-corrected chi connectivity index (χ0v) is 35.3. The minimum atomic E-state index is -2.09. The molecule has 0 unspecified atom stereocenters. The van der Waals surface area contributed by atoms with Gasteiger partial charge in [-0.1, -0.05) is 0 Å². The highest BCUT2D eigenvalue weighted by Gasteiger charge is 2.57. The summed E-state index contributed by atoms with van der Waals surface area (Å²) in [5, 5.41) is 162. The van der Waals surface area contributed by atoms with Crippen molar-refractivity contribution in [3.05, 3.63) is 0 Å². The molecule has 5 saturated heterocycles. The minimum absolute atomic E-state index is 0.119. The summed E-state index contributed by atoms with van der Waals surface area (Å²) in [6.45, 7) is -2.87. The van der Waals surface area contributed by atoms with E-state index in [1.807, 2.05) is 0 Å². The number of carbonyl (C=O) groups excluding carboxylic acids is 1. The van der Waals surface area contributed by atoms with Crippen LogP contribution in [0.1, 0.15) is 26.2 Å². The molecule has 1 amide bonds. The number of ether oxygens (including phenoxy) is 10. The summed E-state index contributed by atoms with van der Waals surface area (Å²) in [4.78, 5) is 12.5. The summed E-state index contributed by atoms with van der Waals surface area (Å²) in [5.41, 5.74) is 5.50. The quantitative estimate of drug-likeness (QED) is 0.0504. The number of rotatable bonds is 20. The van der Waals surface area contributed by atoms with E-state index in [4.69, 9.17) is 53.1 Å². The Hall–Kier alpha value is -1.57. The van der Waals surface area contributed by atoms with E-state index in [2.05, 4.69) is 5.32 Å². The number of amides is 1. The Kier molecular flexibility index (Phi) is 20.8. The maximum Gasteiger partial charge on any atom is 0.217 e. The van der Waals surface area contributed by atoms with Crippen LogP contribution in [0.4, 0.5) is 0 Å². The van der Waals surface area contributed by atoms with Crippen LogP contribution in [0.2, 0.25) is 0 Å². The van der Waals surface area contributed by atoms with Gasteiger partial charge in [-0.3, -0.25) is 4.79 Å². The summed E-state index contributed by atoms with van der Waals surface area (Å²) in [5.74, 6) is -0.807. The molecule has 0 aromatic heterocycles. The summed E-state index contributed by atoms with van der Waals surface area (Å²) >= 11 is 0. The van der Waals surface area contributed by atoms with Gasteiger partial charge in [0.25, 0.3) is 0 Å². The van der Waals surface area contributed by atoms with Gasteiger partial charge in [-0.25, -0.2) is 0 Å². The third-order valence-corrected chi connectivity index (χ3v) is 11.8. The summed E-state index contributed by atoms with van der Waals surface area (Å²) in [6.07, 6.45) is -41.2. The number of aliphatic hydroxyl groups is 15. The predicted octanol–water partition coefficient (Wildman–Crippen LogP) is -10.6. The van der Waals surface area contributed by atoms with E-state index < -0.39 is 192 Å². The van der Waals surface area contributed by atoms with Gasteiger partial charge in [-0.05, 0) is 25.8 Å². The van der Waals surface area contributed by atoms with Gasteiger partial charge in [-0.15, -0.1) is 0 Å². The number of aliphatic hydroxyl groups excluding tert-OH is 15. The van der Waals surface area contributed by atoms with Crippen molar-refractivity contribution < 1.29 is 129 Å². The van der Waals surface area contributed by atoms with Crippen molar-refractivity contribution in [3.63, 3.8) is 0 Å². The van der Waals surface area contributed by atoms with Crippen LogP contribution in [-0.4, -0.2) is 282 Å². The number of unbranched alkanes of at least 4 members (excludes halogenated alkanes) is 2. The molecule has 0 aromatic carbocycles. The van der Waals surface area contributed by atoms with Crippen molar-refractivity contribution in [3.8, 4) is 0 Å². The van der Waals surface area contributed by atoms with Crippen LogP contribution in [0.25, 0.3) is 0 Å². The monoisotopic (exact) mass is 954 g/mol. The van der Waals surface area contributed by atoms with E-state index in [1.165, 1.54) is 0 Å². The Bertz CT molecular complexity index is 1430. The minimum Gasteiger partial charge on any atom is -0.394 e. The Morgan fingerprint density at radius 3 is 1.32 bits per heavy atom. The van der Waals surface area contributed by atoms with Crippen LogP contribution in [0.3, 0.4) is 0 Å². The largest absolute Gasteiger partial charge is 0.394 e. The van der Waals surface area contributed by atoms with Gasteiger partial charge in [0.2, 0.25) is 5.91 Å². The van der Waals surface area contributed by atoms with Gasteiger partial charge >= 0.3 is 0 Å². The Morgan fingerprint density at radius 2 is 0.846 bits per heavy atom. The average molecular weight is 955 g/mol. The van der Waals surface area contributed by atoms with Gasteiger partial charge in [0.05, 0.1) is 33.0 Å². The number of nitrogens with two attached hydrogens (primary N) is 1. The van der Waals surface area contributed by atoms with Crippen LogP contribution >= 0.6 is 0 Å². The van der Waals surface area contributed by atoms with E-state index >= 15 is 0 Å². The van der Waals surface area contributed by atoms with Gasteiger partial charge in [0.1, 0.15) is 122 Å². The smallest absolute Gasteiger partial charge is 0.217 e. The lowest BCUT2D eigenvalue weighted by Gasteiger charge is -2.50. The zero-order valence-electron chi connectivity index (χ0n) is 35.3. The Morgan fingerprint density at radius 1 is 0.446 bits per heavy atom. The zero-order chi connectivity index (χ0) is 47.9. The second-order valence-electron chi connectivity index (χ2n) is 16.4. The Labute approximate surface area is 371 Å². The molecule has 0 aromatic rings. The first-order chi connectivity index (χ1) is 31.0. The van der Waals surface area contributed by atoms with Crippen LogP contribution in [0.5, 0.6) is 0 Å². The van der Waals surface area contributed by atoms with Gasteiger partial charge in [0, 0.05) is 13.5 Å². The molecule has 5 aliphatic rings. The molecular formula is C37H66N2O26. The molecule has 0 bridgehead atoms. The first kappa shape index (κ1) is 54.4. The summed E-state index contributed by atoms with van der Waals surface area (Å²) in [7, 11) is 0. The molecule has 0 radical (unpaired) electrons. The predicted molar refractivity (Wildman–Crippen MR) is 205 cm³/mol. The average Bonchev–Trinajstić information content (AvgIpc) is 3.29. The lowest BCUT2D eigenvalue weighted by atomic mass is 9.94. The third-order valence-electron chi connectivity index (χ3n) is 11.8. The topological polar surface area (TPSA) is 451 Å². The standard InChI is InChI=1S/C37H66N2O26/c1-12(45)39-18-22(49)29(62-36-28(55)32(21(48)15(9-42)58-36)65-35-25(52)23(50)19(46)13(7-40)57-35)16(10-43)60-33(18)64-31-20(47)14(8-41)59-37(27(31)54)63-30-17(11-44)61-34(26(53)24(30)51)56-6-4-2-3-5-38/h13-37,40-44,46-55H,2-11,38H2,1H3,(H,39,45)/t13-,14-,15-,16-,17-,18-,19-,20+,21+,22-,23+,24-,25-,26-,27-,28-,29-,30-,31+,32+,33+,34-,35+,36+,37+/m1/s1. The van der Waals surface area contributed by atoms with Crippen molar-refractivity contribution in [1.29, 1.82) is 0 Å². The molecule has 28 heteroatoms. The maximum absolute atomic E-state index is 12.5. The summed E-state index contributed by atoms with van der Waals surface area (Å²) in [6, 6.07) is -1.72. The first-order valence-corrected chi connectivity index (χ1v) is 21.3. The molecule has 65 heavy (non-hydrogen) atoms. The molecule has 25 atom stereocenters. The molecule has 0 spiro atoms. The summed E-state index contributed by atoms with van der Waals surface area (Å²) < 4.78 is 56.8. The van der Waals surface area contributed by atoms with E-state index in [0.29, 0.717) is 19.4 Å². The number of hydrogen-bond donors (Lipinski definition) is 17. The highest BCUT2D eigenvalue weighted by Crippen LogP contribution is 2.36. The second kappa shape index (κ2) is 24.8. The molecule has 0 saturated carbocycles. The van der Waals surface area contributed by atoms with Crippen molar-refractivity contribution in [2.75, 3.05) is 46.2 Å². The number of carbonyl (C=O) groups is 1. The molecule has 0 aliphatic carbocycles. The van der Waals surface area contributed by atoms with Crippen LogP contribution < -0.4 is 11.1 Å². The molecule has 18 N–H and O–H groups in total. The number of hydrogen-bond acceptors (Lipinski definition) is 27. The number of nitrogens with one attached hydrogen (secondary N) is 1. The van der Waals surface area contributed by atoms with Crippen LogP contribution in [0, 0.1) is 0 Å². The fourth-order valence-electron chi connectivity index (χ4n) is 8.17. The van der Waals surface area contributed by atoms with Crippen LogP contribution in [-0.2, 0) is 52.2 Å². The van der Waals surface area contributed by atoms with Crippen molar-refractivity contribution >= 4 is 5.91 Å². The molecule has 5 aliphatic heterocycles. The van der Waals surface area contributed by atoms with Crippen LogP contribution in [0.15, 0.2) is 0 Å². The lowest BCUT2D eigenvalue weighted by molar-refractivity contribution is -0.387. The fraction of sp³-hybridized carbons (Fsp3) is 0.973. The molecule has 28 nitrogen and oxygen atoms in total. The lowest BCUT2D eigenvalue weighted by Crippen LogP contribution is -2.70. The van der Waals surface area contributed by atoms with E-state index in [0.717, 1.165) is 13.3 Å². The third kappa shape index (κ3) is 12.4.